The molecule has 0 saturated heterocycles. The van der Waals surface area contributed by atoms with Gasteiger partial charge < -0.3 is 20.5 Å². The summed E-state index contributed by atoms with van der Waals surface area (Å²) < 4.78 is 5.49. The van der Waals surface area contributed by atoms with E-state index in [0.29, 0.717) is 18.6 Å². The first-order chi connectivity index (χ1) is 15.9. The molecule has 3 rings (SSSR count). The second kappa shape index (κ2) is 11.7. The van der Waals surface area contributed by atoms with Crippen molar-refractivity contribution in [3.8, 4) is 11.1 Å². The minimum atomic E-state index is -1.04. The number of benzene rings is 2. The third-order valence-corrected chi connectivity index (χ3v) is 6.51. The number of aliphatic carboxylic acids is 1. The van der Waals surface area contributed by atoms with Gasteiger partial charge >= 0.3 is 12.1 Å². The Morgan fingerprint density at radius 2 is 1.64 bits per heavy atom. The number of fused-ring (bicyclic) bond motifs is 3. The molecule has 0 spiro atoms. The maximum absolute atomic E-state index is 12.3. The van der Waals surface area contributed by atoms with E-state index in [4.69, 9.17) is 4.74 Å². The minimum absolute atomic E-state index is 0.0120. The van der Waals surface area contributed by atoms with Gasteiger partial charge in [-0.1, -0.05) is 55.5 Å². The van der Waals surface area contributed by atoms with E-state index in [0.717, 1.165) is 11.1 Å². The maximum Gasteiger partial charge on any atom is 0.407 e. The molecule has 176 valence electrons. The molecule has 7 nitrogen and oxygen atoms in total. The lowest BCUT2D eigenvalue weighted by Gasteiger charge is -2.18. The lowest BCUT2D eigenvalue weighted by Crippen LogP contribution is -2.44. The standard InChI is InChI=1S/C25H30N2O5S/c1-16(23(28)27-22(24(29)30)12-14-33-2)11-13-26-25(31)32-15-21-19-9-5-3-7-17(19)18-8-4-6-10-20(18)21/h3-10,16,21-22H,11-15H2,1-2H3,(H,26,31)(H,27,28)(H,29,30)/t16?,22-/m1/s1. The second-order valence-electron chi connectivity index (χ2n) is 8.12. The Morgan fingerprint density at radius 3 is 2.21 bits per heavy atom. The van der Waals surface area contributed by atoms with E-state index >= 15 is 0 Å². The molecule has 0 radical (unpaired) electrons. The molecule has 0 heterocycles. The largest absolute Gasteiger partial charge is 0.480 e. The lowest BCUT2D eigenvalue weighted by atomic mass is 9.98. The SMILES string of the molecule is CSCC[C@@H](NC(=O)C(C)CCNC(=O)OCC1c2ccccc2-c2ccccc21)C(=O)O. The number of alkyl carbamates (subject to hydrolysis) is 1. The first kappa shape index (κ1) is 24.6. The average Bonchev–Trinajstić information content (AvgIpc) is 3.13. The van der Waals surface area contributed by atoms with Crippen LogP contribution >= 0.6 is 11.8 Å². The fourth-order valence-electron chi connectivity index (χ4n) is 3.98. The van der Waals surface area contributed by atoms with Crippen LogP contribution in [0.3, 0.4) is 0 Å². The van der Waals surface area contributed by atoms with Gasteiger partial charge in [-0.3, -0.25) is 4.79 Å². The molecule has 1 unspecified atom stereocenters. The van der Waals surface area contributed by atoms with Crippen LogP contribution in [0.5, 0.6) is 0 Å². The zero-order valence-corrected chi connectivity index (χ0v) is 19.7. The van der Waals surface area contributed by atoms with E-state index in [1.807, 2.05) is 30.5 Å². The van der Waals surface area contributed by atoms with Gasteiger partial charge in [-0.05, 0) is 47.1 Å². The number of carboxylic acid groups (broad SMARTS) is 1. The van der Waals surface area contributed by atoms with Gasteiger partial charge in [-0.2, -0.15) is 11.8 Å². The lowest BCUT2D eigenvalue weighted by molar-refractivity contribution is -0.142. The maximum atomic E-state index is 12.3. The number of carboxylic acids is 1. The van der Waals surface area contributed by atoms with Crippen LogP contribution in [0.4, 0.5) is 4.79 Å². The molecule has 0 saturated carbocycles. The van der Waals surface area contributed by atoms with Crippen molar-refractivity contribution < 1.29 is 24.2 Å². The third-order valence-electron chi connectivity index (χ3n) is 5.86. The monoisotopic (exact) mass is 470 g/mol. The fourth-order valence-corrected chi connectivity index (χ4v) is 4.45. The van der Waals surface area contributed by atoms with E-state index in [1.165, 1.54) is 22.9 Å². The molecule has 0 fully saturated rings. The summed E-state index contributed by atoms with van der Waals surface area (Å²) in [6.07, 6.45) is 2.10. The Balaban J connectivity index is 1.45. The predicted molar refractivity (Wildman–Crippen MR) is 129 cm³/mol. The highest BCUT2D eigenvalue weighted by Crippen LogP contribution is 2.44. The summed E-state index contributed by atoms with van der Waals surface area (Å²) in [6, 6.07) is 15.4. The van der Waals surface area contributed by atoms with Crippen LogP contribution in [0.25, 0.3) is 11.1 Å². The van der Waals surface area contributed by atoms with Crippen molar-refractivity contribution in [1.29, 1.82) is 0 Å². The summed E-state index contributed by atoms with van der Waals surface area (Å²) in [5.41, 5.74) is 4.62. The van der Waals surface area contributed by atoms with Crippen LogP contribution in [0.1, 0.15) is 36.8 Å². The van der Waals surface area contributed by atoms with E-state index in [2.05, 4.69) is 34.9 Å². The number of thioether (sulfide) groups is 1. The molecular weight excluding hydrogens is 440 g/mol. The first-order valence-corrected chi connectivity index (χ1v) is 12.4. The number of nitrogens with one attached hydrogen (secondary N) is 2. The van der Waals surface area contributed by atoms with Gasteiger partial charge in [0.1, 0.15) is 12.6 Å². The molecule has 2 aromatic rings. The van der Waals surface area contributed by atoms with Crippen molar-refractivity contribution in [2.24, 2.45) is 5.92 Å². The van der Waals surface area contributed by atoms with Gasteiger partial charge in [0.25, 0.3) is 0 Å². The van der Waals surface area contributed by atoms with E-state index in [1.54, 1.807) is 6.92 Å². The normalized spacial score (nSPS) is 14.0. The summed E-state index contributed by atoms with van der Waals surface area (Å²) in [5, 5.41) is 14.5. The molecule has 0 aliphatic heterocycles. The summed E-state index contributed by atoms with van der Waals surface area (Å²) >= 11 is 1.53. The fraction of sp³-hybridized carbons (Fsp3) is 0.400. The Morgan fingerprint density at radius 1 is 1.03 bits per heavy atom. The summed E-state index contributed by atoms with van der Waals surface area (Å²) in [6.45, 7) is 2.20. The van der Waals surface area contributed by atoms with Gasteiger partial charge in [0.15, 0.2) is 0 Å². The Labute approximate surface area is 198 Å². The number of rotatable bonds is 11. The molecule has 2 amide bonds. The van der Waals surface area contributed by atoms with E-state index in [9.17, 15) is 19.5 Å². The molecule has 1 aliphatic rings. The smallest absolute Gasteiger partial charge is 0.407 e. The van der Waals surface area contributed by atoms with Crippen molar-refractivity contribution in [2.75, 3.05) is 25.2 Å². The number of carbonyl (C=O) groups is 3. The number of amides is 2. The highest BCUT2D eigenvalue weighted by atomic mass is 32.2. The summed E-state index contributed by atoms with van der Waals surface area (Å²) in [4.78, 5) is 35.9. The van der Waals surface area contributed by atoms with Crippen LogP contribution in [-0.4, -0.2) is 54.3 Å². The molecule has 2 aromatic carbocycles. The van der Waals surface area contributed by atoms with E-state index in [-0.39, 0.29) is 25.0 Å². The Hall–Kier alpha value is -3.00. The van der Waals surface area contributed by atoms with Crippen molar-refractivity contribution in [3.05, 3.63) is 59.7 Å². The molecule has 2 atom stereocenters. The minimum Gasteiger partial charge on any atom is -0.480 e. The molecule has 1 aliphatic carbocycles. The summed E-state index contributed by atoms with van der Waals surface area (Å²) in [7, 11) is 0. The zero-order chi connectivity index (χ0) is 23.8. The van der Waals surface area contributed by atoms with Crippen LogP contribution < -0.4 is 10.6 Å². The zero-order valence-electron chi connectivity index (χ0n) is 18.9. The molecule has 8 heteroatoms. The van der Waals surface area contributed by atoms with Crippen molar-refractivity contribution >= 4 is 29.7 Å². The number of hydrogen-bond acceptors (Lipinski definition) is 5. The summed E-state index contributed by atoms with van der Waals surface area (Å²) in [5.74, 6) is -1.18. The third kappa shape index (κ3) is 6.28. The molecule has 33 heavy (non-hydrogen) atoms. The molecular formula is C25H30N2O5S. The van der Waals surface area contributed by atoms with Crippen LogP contribution in [0.2, 0.25) is 0 Å². The van der Waals surface area contributed by atoms with Crippen LogP contribution in [-0.2, 0) is 14.3 Å². The number of hydrogen-bond donors (Lipinski definition) is 3. The van der Waals surface area contributed by atoms with E-state index < -0.39 is 24.0 Å². The van der Waals surface area contributed by atoms with Gasteiger partial charge in [0.05, 0.1) is 0 Å². The van der Waals surface area contributed by atoms with Crippen molar-refractivity contribution in [3.63, 3.8) is 0 Å². The Bertz CT molecular complexity index is 951. The van der Waals surface area contributed by atoms with Gasteiger partial charge in [-0.15, -0.1) is 0 Å². The number of ether oxygens (including phenoxy) is 1. The molecule has 0 bridgehead atoms. The molecule has 0 aromatic heterocycles. The molecule has 3 N–H and O–H groups in total. The van der Waals surface area contributed by atoms with Crippen molar-refractivity contribution in [1.82, 2.24) is 10.6 Å². The van der Waals surface area contributed by atoms with Gasteiger partial charge in [0, 0.05) is 18.4 Å². The quantitative estimate of drug-likeness (QED) is 0.460. The van der Waals surface area contributed by atoms with Crippen LogP contribution in [0.15, 0.2) is 48.5 Å². The average molecular weight is 471 g/mol. The second-order valence-corrected chi connectivity index (χ2v) is 9.11. The predicted octanol–water partition coefficient (Wildman–Crippen LogP) is 3.87. The Kier molecular flexibility index (Phi) is 8.77. The highest BCUT2D eigenvalue weighted by molar-refractivity contribution is 7.98. The topological polar surface area (TPSA) is 105 Å². The number of carbonyl (C=O) groups excluding carboxylic acids is 2. The van der Waals surface area contributed by atoms with Gasteiger partial charge in [-0.25, -0.2) is 9.59 Å². The first-order valence-electron chi connectivity index (χ1n) is 11.0. The van der Waals surface area contributed by atoms with Crippen LogP contribution in [0, 0.1) is 5.92 Å². The van der Waals surface area contributed by atoms with Crippen molar-refractivity contribution in [2.45, 2.75) is 31.7 Å². The van der Waals surface area contributed by atoms with Gasteiger partial charge in [0.2, 0.25) is 5.91 Å². The highest BCUT2D eigenvalue weighted by Gasteiger charge is 2.29.